The number of rotatable bonds is 13. The van der Waals surface area contributed by atoms with Crippen molar-refractivity contribution in [2.75, 3.05) is 6.54 Å². The molecule has 0 spiro atoms. The Bertz CT molecular complexity index is 1260. The molecule has 14 nitrogen and oxygen atoms in total. The van der Waals surface area contributed by atoms with Crippen molar-refractivity contribution in [3.05, 3.63) is 36.0 Å². The second kappa shape index (κ2) is 12.9. The Morgan fingerprint density at radius 1 is 1.03 bits per heavy atom. The maximum Gasteiger partial charge on any atom is 0.326 e. The monoisotopic (exact) mass is 543 g/mol. The van der Waals surface area contributed by atoms with E-state index in [1.807, 2.05) is 24.3 Å². The van der Waals surface area contributed by atoms with Crippen LogP contribution in [0.1, 0.15) is 37.7 Å². The number of H-pyrrole nitrogens is 1. The van der Waals surface area contributed by atoms with Gasteiger partial charge in [-0.05, 0) is 30.9 Å². The summed E-state index contributed by atoms with van der Waals surface area (Å²) >= 11 is 0. The molecule has 5 amide bonds. The molecule has 3 rings (SSSR count). The van der Waals surface area contributed by atoms with Crippen molar-refractivity contribution in [1.82, 2.24) is 20.5 Å². The number of hydrogen-bond acceptors (Lipinski definition) is 7. The first-order valence-electron chi connectivity index (χ1n) is 12.5. The second-order valence-corrected chi connectivity index (χ2v) is 9.50. The molecule has 0 saturated carbocycles. The molecular formula is C25H33N7O7. The van der Waals surface area contributed by atoms with Gasteiger partial charge >= 0.3 is 5.97 Å². The highest BCUT2D eigenvalue weighted by molar-refractivity contribution is 5.96. The van der Waals surface area contributed by atoms with Crippen LogP contribution in [-0.2, 0) is 35.2 Å². The number of hydrogen-bond donors (Lipinski definition) is 7. The number of carboxylic acid groups (broad SMARTS) is 1. The van der Waals surface area contributed by atoms with Crippen LogP contribution in [0.3, 0.4) is 0 Å². The second-order valence-electron chi connectivity index (χ2n) is 9.50. The van der Waals surface area contributed by atoms with E-state index >= 15 is 0 Å². The predicted molar refractivity (Wildman–Crippen MR) is 138 cm³/mol. The molecule has 1 aromatic carbocycles. The van der Waals surface area contributed by atoms with E-state index < -0.39 is 66.1 Å². The summed E-state index contributed by atoms with van der Waals surface area (Å²) in [6.07, 6.45) is 1.56. The van der Waals surface area contributed by atoms with Gasteiger partial charge in [0, 0.05) is 36.5 Å². The predicted octanol–water partition coefficient (Wildman–Crippen LogP) is -1.78. The molecule has 1 aliphatic heterocycles. The molecule has 2 heterocycles. The smallest absolute Gasteiger partial charge is 0.326 e. The number of aliphatic carboxylic acids is 1. The Balaban J connectivity index is 1.87. The number of amides is 5. The largest absolute Gasteiger partial charge is 0.480 e. The summed E-state index contributed by atoms with van der Waals surface area (Å²) in [5.41, 5.74) is 17.5. The normalized spacial score (nSPS) is 17.3. The lowest BCUT2D eigenvalue weighted by Crippen LogP contribution is -2.58. The number of nitrogens with two attached hydrogens (primary N) is 3. The van der Waals surface area contributed by atoms with Crippen molar-refractivity contribution in [3.8, 4) is 0 Å². The third kappa shape index (κ3) is 7.54. The van der Waals surface area contributed by atoms with E-state index in [2.05, 4.69) is 15.6 Å². The number of nitrogens with one attached hydrogen (secondary N) is 3. The third-order valence-corrected chi connectivity index (χ3v) is 6.60. The van der Waals surface area contributed by atoms with Gasteiger partial charge in [-0.2, -0.15) is 0 Å². The van der Waals surface area contributed by atoms with E-state index in [4.69, 9.17) is 17.2 Å². The lowest BCUT2D eigenvalue weighted by Gasteiger charge is -2.29. The first-order valence-corrected chi connectivity index (χ1v) is 12.5. The van der Waals surface area contributed by atoms with Gasteiger partial charge in [0.15, 0.2) is 0 Å². The van der Waals surface area contributed by atoms with Gasteiger partial charge in [0.05, 0.1) is 12.5 Å². The van der Waals surface area contributed by atoms with Crippen LogP contribution in [0.4, 0.5) is 0 Å². The third-order valence-electron chi connectivity index (χ3n) is 6.60. The topological polar surface area (TPSA) is 244 Å². The first-order chi connectivity index (χ1) is 18.5. The van der Waals surface area contributed by atoms with Gasteiger partial charge in [-0.25, -0.2) is 4.79 Å². The Kier molecular flexibility index (Phi) is 9.60. The number of para-hydroxylation sites is 1. The molecule has 0 radical (unpaired) electrons. The summed E-state index contributed by atoms with van der Waals surface area (Å²) in [6, 6.07) is 2.47. The fourth-order valence-electron chi connectivity index (χ4n) is 4.62. The molecule has 14 heteroatoms. The highest BCUT2D eigenvalue weighted by atomic mass is 16.4. The number of nitrogens with zero attached hydrogens (tertiary/aromatic N) is 1. The molecule has 4 atom stereocenters. The molecule has 10 N–H and O–H groups in total. The molecule has 1 aliphatic rings. The quantitative estimate of drug-likeness (QED) is 0.152. The van der Waals surface area contributed by atoms with Crippen LogP contribution >= 0.6 is 0 Å². The van der Waals surface area contributed by atoms with E-state index in [9.17, 15) is 33.9 Å². The van der Waals surface area contributed by atoms with Crippen molar-refractivity contribution in [2.24, 2.45) is 17.2 Å². The number of aromatic amines is 1. The minimum absolute atomic E-state index is 0.0229. The maximum absolute atomic E-state index is 13.6. The zero-order valence-electron chi connectivity index (χ0n) is 21.2. The zero-order chi connectivity index (χ0) is 28.7. The maximum atomic E-state index is 13.6. The molecular weight excluding hydrogens is 510 g/mol. The Labute approximate surface area is 223 Å². The van der Waals surface area contributed by atoms with Crippen LogP contribution in [0.2, 0.25) is 0 Å². The van der Waals surface area contributed by atoms with Crippen molar-refractivity contribution in [1.29, 1.82) is 0 Å². The standard InChI is InChI=1S/C25H33N7O7/c26-15(11-21(28)34)22(35)30-17(7-8-20(27)33)23(36)31-18(24(37)32-9-3-6-19(32)25(38)39)10-13-12-29-16-5-2-1-4-14(13)16/h1-2,4-5,12,15,17-19,29H,3,6-11,26H2,(H2,27,33)(H2,28,34)(H,30,35)(H,31,36)(H,38,39). The van der Waals surface area contributed by atoms with Crippen molar-refractivity contribution < 1.29 is 33.9 Å². The summed E-state index contributed by atoms with van der Waals surface area (Å²) in [7, 11) is 0. The summed E-state index contributed by atoms with van der Waals surface area (Å²) in [4.78, 5) is 78.1. The van der Waals surface area contributed by atoms with Crippen LogP contribution in [0.15, 0.2) is 30.5 Å². The van der Waals surface area contributed by atoms with Gasteiger partial charge in [0.25, 0.3) is 0 Å². The van der Waals surface area contributed by atoms with Crippen molar-refractivity contribution >= 4 is 46.4 Å². The molecule has 2 aromatic rings. The van der Waals surface area contributed by atoms with Crippen molar-refractivity contribution in [2.45, 2.75) is 62.7 Å². The average molecular weight is 544 g/mol. The molecule has 39 heavy (non-hydrogen) atoms. The number of carbonyl (C=O) groups is 6. The van der Waals surface area contributed by atoms with E-state index in [0.717, 1.165) is 10.9 Å². The number of fused-ring (bicyclic) bond motifs is 1. The van der Waals surface area contributed by atoms with E-state index in [1.165, 1.54) is 4.90 Å². The molecule has 0 aliphatic carbocycles. The average Bonchev–Trinajstić information content (AvgIpc) is 3.53. The van der Waals surface area contributed by atoms with Gasteiger partial charge in [-0.1, -0.05) is 18.2 Å². The summed E-state index contributed by atoms with van der Waals surface area (Å²) < 4.78 is 0. The van der Waals surface area contributed by atoms with Crippen LogP contribution in [0.5, 0.6) is 0 Å². The summed E-state index contributed by atoms with van der Waals surface area (Å²) in [5.74, 6) is -4.95. The summed E-state index contributed by atoms with van der Waals surface area (Å²) in [5, 5.41) is 15.4. The van der Waals surface area contributed by atoms with Gasteiger partial charge in [-0.3, -0.25) is 24.0 Å². The Morgan fingerprint density at radius 2 is 1.72 bits per heavy atom. The molecule has 1 aromatic heterocycles. The molecule has 1 fully saturated rings. The lowest BCUT2D eigenvalue weighted by molar-refractivity contribution is -0.149. The number of aromatic nitrogens is 1. The summed E-state index contributed by atoms with van der Waals surface area (Å²) in [6.45, 7) is 0.208. The fraction of sp³-hybridized carbons (Fsp3) is 0.440. The van der Waals surface area contributed by atoms with Crippen LogP contribution in [0.25, 0.3) is 10.9 Å². The van der Waals surface area contributed by atoms with Crippen LogP contribution < -0.4 is 27.8 Å². The SMILES string of the molecule is NC(=O)CCC(NC(=O)C(N)CC(N)=O)C(=O)NC(Cc1c[nH]c2ccccc12)C(=O)N1CCCC1C(=O)O. The molecule has 1 saturated heterocycles. The molecule has 4 unspecified atom stereocenters. The van der Waals surface area contributed by atoms with Crippen LogP contribution in [-0.4, -0.2) is 81.2 Å². The highest BCUT2D eigenvalue weighted by Gasteiger charge is 2.38. The minimum atomic E-state index is -1.34. The molecule has 210 valence electrons. The lowest BCUT2D eigenvalue weighted by atomic mass is 10.0. The molecule has 0 bridgehead atoms. The van der Waals surface area contributed by atoms with Crippen LogP contribution in [0, 0.1) is 0 Å². The highest BCUT2D eigenvalue weighted by Crippen LogP contribution is 2.23. The first kappa shape index (κ1) is 29.1. The number of primary amides is 2. The van der Waals surface area contributed by atoms with Crippen molar-refractivity contribution in [3.63, 3.8) is 0 Å². The van der Waals surface area contributed by atoms with Gasteiger partial charge in [0.2, 0.25) is 29.5 Å². The van der Waals surface area contributed by atoms with E-state index in [-0.39, 0.29) is 32.2 Å². The zero-order valence-corrected chi connectivity index (χ0v) is 21.2. The van der Waals surface area contributed by atoms with Gasteiger partial charge in [0.1, 0.15) is 18.1 Å². The van der Waals surface area contributed by atoms with Gasteiger partial charge < -0.3 is 42.8 Å². The number of benzene rings is 1. The Morgan fingerprint density at radius 3 is 2.38 bits per heavy atom. The fourth-order valence-corrected chi connectivity index (χ4v) is 4.62. The number of carbonyl (C=O) groups excluding carboxylic acids is 5. The Hall–Kier alpha value is -4.46. The van der Waals surface area contributed by atoms with E-state index in [0.29, 0.717) is 12.0 Å². The minimum Gasteiger partial charge on any atom is -0.480 e. The van der Waals surface area contributed by atoms with Gasteiger partial charge in [-0.15, -0.1) is 0 Å². The number of likely N-dealkylation sites (tertiary alicyclic amines) is 1. The number of carboxylic acids is 1. The van der Waals surface area contributed by atoms with E-state index in [1.54, 1.807) is 6.20 Å².